The maximum Gasteiger partial charge on any atom is 0.162 e. The van der Waals surface area contributed by atoms with Crippen LogP contribution in [0.25, 0.3) is 0 Å². The number of hydrogen-bond acceptors (Lipinski definition) is 2. The number of ketones is 1. The van der Waals surface area contributed by atoms with Crippen molar-refractivity contribution in [3.63, 3.8) is 0 Å². The Bertz CT molecular complexity index is 251. The van der Waals surface area contributed by atoms with Crippen molar-refractivity contribution >= 4 is 18.4 Å². The molecule has 0 N–H and O–H groups in total. The van der Waals surface area contributed by atoms with Crippen molar-refractivity contribution in [1.29, 1.82) is 0 Å². The first-order valence-electron chi connectivity index (χ1n) is 3.56. The van der Waals surface area contributed by atoms with Crippen molar-refractivity contribution in [3.8, 4) is 0 Å². The van der Waals surface area contributed by atoms with E-state index in [-0.39, 0.29) is 5.78 Å². The molecular weight excluding hydrogens is 156 g/mol. The zero-order chi connectivity index (χ0) is 8.27. The Morgan fingerprint density at radius 3 is 2.36 bits per heavy atom. The quantitative estimate of drug-likeness (QED) is 0.528. The maximum atomic E-state index is 11.1. The Balaban J connectivity index is 2.90. The number of thiol groups is 1. The average molecular weight is 166 g/mol. The van der Waals surface area contributed by atoms with Gasteiger partial charge in [0.25, 0.3) is 0 Å². The summed E-state index contributed by atoms with van der Waals surface area (Å²) in [4.78, 5) is 12.0. The molecule has 58 valence electrons. The van der Waals surface area contributed by atoms with E-state index in [1.54, 1.807) is 12.1 Å². The van der Waals surface area contributed by atoms with E-state index in [1.165, 1.54) is 0 Å². The molecule has 0 spiro atoms. The van der Waals surface area contributed by atoms with Gasteiger partial charge in [-0.05, 0) is 12.1 Å². The number of hydrogen-bond donors (Lipinski definition) is 1. The molecule has 0 saturated carbocycles. The number of rotatable bonds is 2. The minimum Gasteiger partial charge on any atom is -0.294 e. The molecule has 0 aromatic heterocycles. The highest BCUT2D eigenvalue weighted by Crippen LogP contribution is 2.09. The van der Waals surface area contributed by atoms with Crippen molar-refractivity contribution in [3.05, 3.63) is 29.8 Å². The molecule has 0 unspecified atom stereocenters. The molecule has 1 aromatic carbocycles. The minimum absolute atomic E-state index is 0.179. The zero-order valence-electron chi connectivity index (χ0n) is 6.37. The molecule has 0 saturated heterocycles. The van der Waals surface area contributed by atoms with Crippen LogP contribution in [-0.2, 0) is 0 Å². The Hall–Kier alpha value is -0.760. The highest BCUT2D eigenvalue weighted by atomic mass is 32.1. The van der Waals surface area contributed by atoms with Gasteiger partial charge in [-0.15, -0.1) is 12.6 Å². The van der Waals surface area contributed by atoms with Gasteiger partial charge in [0, 0.05) is 16.9 Å². The normalized spacial score (nSPS) is 9.64. The van der Waals surface area contributed by atoms with Crippen LogP contribution < -0.4 is 0 Å². The first-order chi connectivity index (χ1) is 5.24. The molecule has 1 aromatic rings. The third kappa shape index (κ3) is 2.09. The highest BCUT2D eigenvalue weighted by Gasteiger charge is 2.00. The Morgan fingerprint density at radius 2 is 1.91 bits per heavy atom. The number of benzene rings is 1. The van der Waals surface area contributed by atoms with E-state index in [9.17, 15) is 4.79 Å². The molecule has 0 bridgehead atoms. The van der Waals surface area contributed by atoms with Crippen molar-refractivity contribution in [2.45, 2.75) is 18.2 Å². The van der Waals surface area contributed by atoms with E-state index in [4.69, 9.17) is 0 Å². The van der Waals surface area contributed by atoms with E-state index < -0.39 is 0 Å². The molecule has 2 heteroatoms. The van der Waals surface area contributed by atoms with Crippen LogP contribution in [0.4, 0.5) is 0 Å². The van der Waals surface area contributed by atoms with Gasteiger partial charge in [0.2, 0.25) is 0 Å². The third-order valence-corrected chi connectivity index (χ3v) is 1.81. The third-order valence-electron chi connectivity index (χ3n) is 1.51. The first kappa shape index (κ1) is 8.34. The molecule has 0 amide bonds. The fraction of sp³-hybridized carbons (Fsp3) is 0.222. The van der Waals surface area contributed by atoms with E-state index >= 15 is 0 Å². The van der Waals surface area contributed by atoms with Gasteiger partial charge in [-0.1, -0.05) is 19.1 Å². The van der Waals surface area contributed by atoms with Crippen LogP contribution >= 0.6 is 12.6 Å². The largest absolute Gasteiger partial charge is 0.294 e. The molecule has 0 fully saturated rings. The lowest BCUT2D eigenvalue weighted by molar-refractivity contribution is 0.0988. The summed E-state index contributed by atoms with van der Waals surface area (Å²) in [5.74, 6) is 0.179. The number of carbonyl (C=O) groups is 1. The lowest BCUT2D eigenvalue weighted by Crippen LogP contribution is -1.94. The Kier molecular flexibility index (Phi) is 2.71. The average Bonchev–Trinajstić information content (AvgIpc) is 2.05. The van der Waals surface area contributed by atoms with E-state index in [0.717, 1.165) is 10.5 Å². The van der Waals surface area contributed by atoms with Gasteiger partial charge < -0.3 is 0 Å². The second-order valence-corrected chi connectivity index (χ2v) is 2.84. The van der Waals surface area contributed by atoms with Crippen LogP contribution in [0.2, 0.25) is 0 Å². The molecular formula is C9H10OS. The molecule has 0 heterocycles. The van der Waals surface area contributed by atoms with E-state index in [1.807, 2.05) is 19.1 Å². The van der Waals surface area contributed by atoms with Gasteiger partial charge in [0.1, 0.15) is 0 Å². The molecule has 0 atom stereocenters. The van der Waals surface area contributed by atoms with Gasteiger partial charge in [-0.25, -0.2) is 0 Å². The fourth-order valence-electron chi connectivity index (χ4n) is 0.851. The number of carbonyl (C=O) groups excluding carboxylic acids is 1. The lowest BCUT2D eigenvalue weighted by atomic mass is 10.1. The topological polar surface area (TPSA) is 17.1 Å². The second kappa shape index (κ2) is 3.58. The van der Waals surface area contributed by atoms with Crippen LogP contribution in [0.5, 0.6) is 0 Å². The molecule has 11 heavy (non-hydrogen) atoms. The van der Waals surface area contributed by atoms with E-state index in [2.05, 4.69) is 12.6 Å². The summed E-state index contributed by atoms with van der Waals surface area (Å²) < 4.78 is 0. The van der Waals surface area contributed by atoms with Crippen LogP contribution in [0.1, 0.15) is 23.7 Å². The molecule has 0 aliphatic rings. The summed E-state index contributed by atoms with van der Waals surface area (Å²) in [5.41, 5.74) is 0.769. The predicted molar refractivity (Wildman–Crippen MR) is 48.3 cm³/mol. The SMILES string of the molecule is CCC(=O)c1ccc(S)cc1. The highest BCUT2D eigenvalue weighted by molar-refractivity contribution is 7.80. The molecule has 1 rings (SSSR count). The molecule has 0 radical (unpaired) electrons. The van der Waals surface area contributed by atoms with Crippen molar-refractivity contribution < 1.29 is 4.79 Å². The van der Waals surface area contributed by atoms with Gasteiger partial charge in [-0.3, -0.25) is 4.79 Å². The summed E-state index contributed by atoms with van der Waals surface area (Å²) in [7, 11) is 0. The minimum atomic E-state index is 0.179. The van der Waals surface area contributed by atoms with E-state index in [0.29, 0.717) is 6.42 Å². The zero-order valence-corrected chi connectivity index (χ0v) is 7.27. The van der Waals surface area contributed by atoms with Crippen LogP contribution in [-0.4, -0.2) is 5.78 Å². The fourth-order valence-corrected chi connectivity index (χ4v) is 1.00. The first-order valence-corrected chi connectivity index (χ1v) is 4.01. The lowest BCUT2D eigenvalue weighted by Gasteiger charge is -1.96. The van der Waals surface area contributed by atoms with Crippen LogP contribution in [0, 0.1) is 0 Å². The second-order valence-electron chi connectivity index (χ2n) is 2.32. The van der Waals surface area contributed by atoms with Gasteiger partial charge >= 0.3 is 0 Å². The molecule has 0 aliphatic carbocycles. The van der Waals surface area contributed by atoms with Gasteiger partial charge in [0.05, 0.1) is 0 Å². The number of Topliss-reactive ketones (excluding diaryl/α,β-unsaturated/α-hetero) is 1. The predicted octanol–water partition coefficient (Wildman–Crippen LogP) is 2.57. The van der Waals surface area contributed by atoms with Crippen LogP contribution in [0.3, 0.4) is 0 Å². The molecule has 1 nitrogen and oxygen atoms in total. The van der Waals surface area contributed by atoms with Crippen molar-refractivity contribution in [1.82, 2.24) is 0 Å². The van der Waals surface area contributed by atoms with Crippen molar-refractivity contribution in [2.24, 2.45) is 0 Å². The molecule has 0 aliphatic heterocycles. The smallest absolute Gasteiger partial charge is 0.162 e. The summed E-state index contributed by atoms with van der Waals surface area (Å²) in [6, 6.07) is 7.25. The van der Waals surface area contributed by atoms with Gasteiger partial charge in [-0.2, -0.15) is 0 Å². The van der Waals surface area contributed by atoms with Crippen molar-refractivity contribution in [2.75, 3.05) is 0 Å². The van der Waals surface area contributed by atoms with Crippen LogP contribution in [0.15, 0.2) is 29.2 Å². The van der Waals surface area contributed by atoms with Gasteiger partial charge in [0.15, 0.2) is 5.78 Å². The summed E-state index contributed by atoms with van der Waals surface area (Å²) >= 11 is 4.12. The summed E-state index contributed by atoms with van der Waals surface area (Å²) in [6.45, 7) is 1.86. The maximum absolute atomic E-state index is 11.1. The Labute approximate surface area is 71.8 Å². The summed E-state index contributed by atoms with van der Waals surface area (Å²) in [5, 5.41) is 0. The Morgan fingerprint density at radius 1 is 1.36 bits per heavy atom. The standard InChI is InChI=1S/C9H10OS/c1-2-9(10)7-3-5-8(11)6-4-7/h3-6,11H,2H2,1H3. The monoisotopic (exact) mass is 166 g/mol. The summed E-state index contributed by atoms with van der Waals surface area (Å²) in [6.07, 6.45) is 0.561.